The zero-order chi connectivity index (χ0) is 10.7. The first kappa shape index (κ1) is 11.2. The van der Waals surface area contributed by atoms with Crippen molar-refractivity contribution in [1.29, 1.82) is 0 Å². The maximum Gasteiger partial charge on any atom is 0.0641 e. The van der Waals surface area contributed by atoms with Crippen LogP contribution in [0.25, 0.3) is 0 Å². The van der Waals surface area contributed by atoms with Crippen molar-refractivity contribution < 1.29 is 5.11 Å². The maximum atomic E-state index is 9.17. The van der Waals surface area contributed by atoms with Gasteiger partial charge in [-0.25, -0.2) is 0 Å². The SMILES string of the molecule is Cc1nn(CCC(C)O)c(C)c1CN. The van der Waals surface area contributed by atoms with Crippen molar-refractivity contribution >= 4 is 0 Å². The van der Waals surface area contributed by atoms with Gasteiger partial charge in [-0.05, 0) is 27.2 Å². The van der Waals surface area contributed by atoms with Crippen LogP contribution in [0.3, 0.4) is 0 Å². The lowest BCUT2D eigenvalue weighted by atomic mass is 10.2. The summed E-state index contributed by atoms with van der Waals surface area (Å²) >= 11 is 0. The molecule has 0 bridgehead atoms. The van der Waals surface area contributed by atoms with Crippen LogP contribution in [0, 0.1) is 13.8 Å². The van der Waals surface area contributed by atoms with Crippen LogP contribution in [0.2, 0.25) is 0 Å². The van der Waals surface area contributed by atoms with Gasteiger partial charge in [0.2, 0.25) is 0 Å². The molecule has 3 N–H and O–H groups in total. The third-order valence-electron chi connectivity index (χ3n) is 2.49. The van der Waals surface area contributed by atoms with E-state index in [9.17, 15) is 5.11 Å². The highest BCUT2D eigenvalue weighted by Gasteiger charge is 2.09. The van der Waals surface area contributed by atoms with E-state index in [0.717, 1.165) is 29.9 Å². The molecule has 80 valence electrons. The molecule has 4 heteroatoms. The number of hydrogen-bond acceptors (Lipinski definition) is 3. The monoisotopic (exact) mass is 197 g/mol. The summed E-state index contributed by atoms with van der Waals surface area (Å²) in [7, 11) is 0. The number of nitrogens with two attached hydrogens (primary N) is 1. The summed E-state index contributed by atoms with van der Waals surface area (Å²) in [5.41, 5.74) is 8.85. The number of aliphatic hydroxyl groups is 1. The normalized spacial score (nSPS) is 13.2. The van der Waals surface area contributed by atoms with Crippen molar-refractivity contribution in [3.63, 3.8) is 0 Å². The predicted octanol–water partition coefficient (Wildman–Crippen LogP) is 0.730. The van der Waals surface area contributed by atoms with E-state index in [4.69, 9.17) is 5.73 Å². The standard InChI is InChI=1S/C10H19N3O/c1-7(14)4-5-13-9(3)10(6-11)8(2)12-13/h7,14H,4-6,11H2,1-3H3. The van der Waals surface area contributed by atoms with Crippen LogP contribution >= 0.6 is 0 Å². The Balaban J connectivity index is 2.78. The maximum absolute atomic E-state index is 9.17. The Labute approximate surface area is 84.7 Å². The van der Waals surface area contributed by atoms with Crippen LogP contribution in [0.15, 0.2) is 0 Å². The zero-order valence-corrected chi connectivity index (χ0v) is 9.12. The van der Waals surface area contributed by atoms with Crippen LogP contribution in [0.4, 0.5) is 0 Å². The van der Waals surface area contributed by atoms with Crippen LogP contribution in [0.5, 0.6) is 0 Å². The minimum Gasteiger partial charge on any atom is -0.393 e. The van der Waals surface area contributed by atoms with Gasteiger partial charge in [-0.2, -0.15) is 5.10 Å². The van der Waals surface area contributed by atoms with Gasteiger partial charge in [-0.3, -0.25) is 4.68 Å². The van der Waals surface area contributed by atoms with Gasteiger partial charge in [0.05, 0.1) is 11.8 Å². The molecule has 0 aliphatic rings. The van der Waals surface area contributed by atoms with Crippen molar-refractivity contribution in [3.05, 3.63) is 17.0 Å². The van der Waals surface area contributed by atoms with E-state index in [2.05, 4.69) is 5.10 Å². The minimum absolute atomic E-state index is 0.278. The summed E-state index contributed by atoms with van der Waals surface area (Å²) in [4.78, 5) is 0. The van der Waals surface area contributed by atoms with Crippen molar-refractivity contribution in [2.45, 2.75) is 46.4 Å². The smallest absolute Gasteiger partial charge is 0.0641 e. The van der Waals surface area contributed by atoms with Crippen LogP contribution < -0.4 is 5.73 Å². The molecule has 0 aliphatic heterocycles. The molecule has 0 radical (unpaired) electrons. The molecule has 0 saturated carbocycles. The Morgan fingerprint density at radius 3 is 2.57 bits per heavy atom. The van der Waals surface area contributed by atoms with Gasteiger partial charge in [-0.15, -0.1) is 0 Å². The summed E-state index contributed by atoms with van der Waals surface area (Å²) < 4.78 is 1.92. The Kier molecular flexibility index (Phi) is 3.66. The first-order valence-corrected chi connectivity index (χ1v) is 4.97. The molecule has 1 heterocycles. The molecular weight excluding hydrogens is 178 g/mol. The lowest BCUT2D eigenvalue weighted by Gasteiger charge is -2.06. The Morgan fingerprint density at radius 2 is 2.14 bits per heavy atom. The summed E-state index contributed by atoms with van der Waals surface area (Å²) in [5, 5.41) is 13.6. The molecule has 1 aromatic heterocycles. The largest absolute Gasteiger partial charge is 0.393 e. The fourth-order valence-electron chi connectivity index (χ4n) is 1.56. The first-order chi connectivity index (χ1) is 6.56. The van der Waals surface area contributed by atoms with Gasteiger partial charge in [0.1, 0.15) is 0 Å². The summed E-state index contributed by atoms with van der Waals surface area (Å²) in [6, 6.07) is 0. The van der Waals surface area contributed by atoms with Crippen molar-refractivity contribution in [2.24, 2.45) is 5.73 Å². The topological polar surface area (TPSA) is 64.1 Å². The second kappa shape index (κ2) is 4.57. The van der Waals surface area contributed by atoms with E-state index >= 15 is 0 Å². The van der Waals surface area contributed by atoms with E-state index in [1.165, 1.54) is 0 Å². The number of rotatable bonds is 4. The molecular formula is C10H19N3O. The fourth-order valence-corrected chi connectivity index (χ4v) is 1.56. The number of aromatic nitrogens is 2. The van der Waals surface area contributed by atoms with Gasteiger partial charge >= 0.3 is 0 Å². The van der Waals surface area contributed by atoms with Crippen LogP contribution in [0.1, 0.15) is 30.3 Å². The molecule has 0 saturated heterocycles. The number of hydrogen-bond donors (Lipinski definition) is 2. The summed E-state index contributed by atoms with van der Waals surface area (Å²) in [6.45, 7) is 7.06. The van der Waals surface area contributed by atoms with Crippen LogP contribution in [-0.4, -0.2) is 21.0 Å². The number of nitrogens with zero attached hydrogens (tertiary/aromatic N) is 2. The molecule has 0 aliphatic carbocycles. The summed E-state index contributed by atoms with van der Waals surface area (Å²) in [5.74, 6) is 0. The van der Waals surface area contributed by atoms with E-state index in [-0.39, 0.29) is 6.10 Å². The second-order valence-electron chi connectivity index (χ2n) is 3.71. The fraction of sp³-hybridized carbons (Fsp3) is 0.700. The molecule has 1 aromatic rings. The molecule has 0 fully saturated rings. The predicted molar refractivity (Wildman–Crippen MR) is 55.9 cm³/mol. The van der Waals surface area contributed by atoms with Crippen LogP contribution in [-0.2, 0) is 13.1 Å². The summed E-state index contributed by atoms with van der Waals surface area (Å²) in [6.07, 6.45) is 0.451. The third kappa shape index (κ3) is 2.33. The zero-order valence-electron chi connectivity index (χ0n) is 9.12. The quantitative estimate of drug-likeness (QED) is 0.748. The average molecular weight is 197 g/mol. The molecule has 0 aromatic carbocycles. The van der Waals surface area contributed by atoms with E-state index in [0.29, 0.717) is 6.54 Å². The van der Waals surface area contributed by atoms with Crippen molar-refractivity contribution in [2.75, 3.05) is 0 Å². The molecule has 0 spiro atoms. The Bertz CT molecular complexity index is 305. The lowest BCUT2D eigenvalue weighted by molar-refractivity contribution is 0.176. The molecule has 4 nitrogen and oxygen atoms in total. The average Bonchev–Trinajstić information content (AvgIpc) is 2.38. The molecule has 0 amide bonds. The number of aryl methyl sites for hydroxylation is 2. The van der Waals surface area contributed by atoms with Crippen molar-refractivity contribution in [3.8, 4) is 0 Å². The van der Waals surface area contributed by atoms with Gasteiger partial charge < -0.3 is 10.8 Å². The highest BCUT2D eigenvalue weighted by Crippen LogP contribution is 2.12. The van der Waals surface area contributed by atoms with E-state index in [1.807, 2.05) is 18.5 Å². The second-order valence-corrected chi connectivity index (χ2v) is 3.71. The van der Waals surface area contributed by atoms with Gasteiger partial charge in [0, 0.05) is 24.3 Å². The van der Waals surface area contributed by atoms with E-state index in [1.54, 1.807) is 6.92 Å². The van der Waals surface area contributed by atoms with Crippen molar-refractivity contribution in [1.82, 2.24) is 9.78 Å². The van der Waals surface area contributed by atoms with Gasteiger partial charge in [0.25, 0.3) is 0 Å². The highest BCUT2D eigenvalue weighted by atomic mass is 16.3. The van der Waals surface area contributed by atoms with Gasteiger partial charge in [0.15, 0.2) is 0 Å². The lowest BCUT2D eigenvalue weighted by Crippen LogP contribution is -2.10. The number of aliphatic hydroxyl groups excluding tert-OH is 1. The van der Waals surface area contributed by atoms with Gasteiger partial charge in [-0.1, -0.05) is 0 Å². The molecule has 14 heavy (non-hydrogen) atoms. The Morgan fingerprint density at radius 1 is 1.50 bits per heavy atom. The van der Waals surface area contributed by atoms with E-state index < -0.39 is 0 Å². The molecule has 1 rings (SSSR count). The Hall–Kier alpha value is -0.870. The highest BCUT2D eigenvalue weighted by molar-refractivity contribution is 5.23. The molecule has 1 unspecified atom stereocenters. The molecule has 1 atom stereocenters. The minimum atomic E-state index is -0.278. The third-order valence-corrected chi connectivity index (χ3v) is 2.49. The first-order valence-electron chi connectivity index (χ1n) is 4.97.